The summed E-state index contributed by atoms with van der Waals surface area (Å²) in [5.74, 6) is 1.04. The molecule has 3 aromatic rings. The molecule has 10 heteroatoms. The highest BCUT2D eigenvalue weighted by Crippen LogP contribution is 2.40. The van der Waals surface area contributed by atoms with Crippen molar-refractivity contribution >= 4 is 23.0 Å². The SMILES string of the molecule is CCSN1CC(CC#N)(n2nc(-c3ncnc4[nH]ccc34)c3c2CCNC3)C1.CN. The van der Waals surface area contributed by atoms with Crippen LogP contribution >= 0.6 is 11.9 Å². The molecular weight excluding hydrogens is 398 g/mol. The molecule has 4 N–H and O–H groups in total. The molecule has 0 aliphatic carbocycles. The minimum absolute atomic E-state index is 0.249. The molecule has 5 rings (SSSR count). The Morgan fingerprint density at radius 2 is 2.13 bits per heavy atom. The number of nitrogens with one attached hydrogen (secondary N) is 2. The second-order valence-electron chi connectivity index (χ2n) is 7.35. The van der Waals surface area contributed by atoms with Crippen molar-refractivity contribution in [1.82, 2.24) is 34.4 Å². The van der Waals surface area contributed by atoms with Gasteiger partial charge < -0.3 is 16.0 Å². The van der Waals surface area contributed by atoms with Crippen LogP contribution < -0.4 is 11.1 Å². The summed E-state index contributed by atoms with van der Waals surface area (Å²) < 4.78 is 4.50. The third-order valence-electron chi connectivity index (χ3n) is 5.62. The molecule has 3 aromatic heterocycles. The van der Waals surface area contributed by atoms with Crippen molar-refractivity contribution in [2.75, 3.05) is 32.4 Å². The largest absolute Gasteiger partial charge is 0.346 e. The van der Waals surface area contributed by atoms with E-state index in [2.05, 4.69) is 48.0 Å². The number of rotatable bonds is 5. The molecular formula is C20H27N9S. The zero-order valence-electron chi connectivity index (χ0n) is 17.4. The van der Waals surface area contributed by atoms with Crippen LogP contribution in [0, 0.1) is 11.3 Å². The highest BCUT2D eigenvalue weighted by Gasteiger charge is 2.47. The Morgan fingerprint density at radius 3 is 2.90 bits per heavy atom. The normalized spacial score (nSPS) is 17.5. The Balaban J connectivity index is 0.00000106. The molecule has 0 radical (unpaired) electrons. The highest BCUT2D eigenvalue weighted by atomic mass is 32.2. The van der Waals surface area contributed by atoms with E-state index in [-0.39, 0.29) is 5.54 Å². The second-order valence-corrected chi connectivity index (χ2v) is 8.70. The highest BCUT2D eigenvalue weighted by molar-refractivity contribution is 7.97. The summed E-state index contributed by atoms with van der Waals surface area (Å²) in [5, 5.41) is 19.1. The predicted octanol–water partition coefficient (Wildman–Crippen LogP) is 1.63. The van der Waals surface area contributed by atoms with Crippen LogP contribution in [0.5, 0.6) is 0 Å². The van der Waals surface area contributed by atoms with Gasteiger partial charge in [0.25, 0.3) is 0 Å². The van der Waals surface area contributed by atoms with E-state index < -0.39 is 0 Å². The standard InChI is InChI=1S/C19H22N8S.CH5N/c1-2-28-26-10-19(11-26,5-6-20)27-15-4-7-21-9-14(15)17(25-27)16-13-3-8-22-18(13)24-12-23-16;1-2/h3,8,12,21H,2,4-5,7,9-11H2,1H3,(H,22,23,24);2H2,1H3. The Labute approximate surface area is 180 Å². The maximum absolute atomic E-state index is 9.53. The molecule has 0 saturated carbocycles. The fourth-order valence-electron chi connectivity index (χ4n) is 4.34. The number of hydrogen-bond donors (Lipinski definition) is 3. The maximum Gasteiger partial charge on any atom is 0.141 e. The van der Waals surface area contributed by atoms with E-state index in [0.29, 0.717) is 6.42 Å². The van der Waals surface area contributed by atoms with Gasteiger partial charge in [-0.3, -0.25) is 4.68 Å². The van der Waals surface area contributed by atoms with Gasteiger partial charge in [-0.1, -0.05) is 18.9 Å². The fraction of sp³-hybridized carbons (Fsp3) is 0.500. The van der Waals surface area contributed by atoms with Gasteiger partial charge in [0, 0.05) is 61.2 Å². The number of aromatic nitrogens is 5. The topological polar surface area (TPSA) is 124 Å². The first kappa shape index (κ1) is 20.8. The zero-order valence-corrected chi connectivity index (χ0v) is 18.2. The predicted molar refractivity (Wildman–Crippen MR) is 119 cm³/mol. The van der Waals surface area contributed by atoms with E-state index in [1.165, 1.54) is 18.3 Å². The van der Waals surface area contributed by atoms with E-state index in [1.807, 2.05) is 24.2 Å². The van der Waals surface area contributed by atoms with Gasteiger partial charge in [0.15, 0.2) is 0 Å². The van der Waals surface area contributed by atoms with Crippen LogP contribution in [0.2, 0.25) is 0 Å². The van der Waals surface area contributed by atoms with E-state index in [1.54, 1.807) is 6.33 Å². The van der Waals surface area contributed by atoms with Crippen LogP contribution in [0.25, 0.3) is 22.4 Å². The third kappa shape index (κ3) is 3.37. The van der Waals surface area contributed by atoms with Gasteiger partial charge >= 0.3 is 0 Å². The van der Waals surface area contributed by atoms with Gasteiger partial charge in [-0.25, -0.2) is 14.3 Å². The average Bonchev–Trinajstić information content (AvgIpc) is 3.39. The van der Waals surface area contributed by atoms with Crippen molar-refractivity contribution < 1.29 is 0 Å². The first-order valence-corrected chi connectivity index (χ1v) is 11.1. The molecule has 0 atom stereocenters. The molecule has 0 bridgehead atoms. The average molecular weight is 426 g/mol. The molecule has 0 spiro atoms. The summed E-state index contributed by atoms with van der Waals surface area (Å²) in [6, 6.07) is 4.41. The van der Waals surface area contributed by atoms with Crippen molar-refractivity contribution in [2.24, 2.45) is 5.73 Å². The molecule has 9 nitrogen and oxygen atoms in total. The molecule has 0 unspecified atom stereocenters. The molecule has 0 amide bonds. The van der Waals surface area contributed by atoms with Crippen LogP contribution in [0.4, 0.5) is 0 Å². The molecule has 1 saturated heterocycles. The summed E-state index contributed by atoms with van der Waals surface area (Å²) in [5.41, 5.74) is 9.28. The van der Waals surface area contributed by atoms with Crippen LogP contribution in [0.1, 0.15) is 24.6 Å². The van der Waals surface area contributed by atoms with Gasteiger partial charge in [-0.2, -0.15) is 10.4 Å². The van der Waals surface area contributed by atoms with E-state index in [4.69, 9.17) is 5.10 Å². The van der Waals surface area contributed by atoms with Crippen molar-refractivity contribution in [3.8, 4) is 17.5 Å². The molecule has 2 aliphatic rings. The van der Waals surface area contributed by atoms with Gasteiger partial charge in [0.2, 0.25) is 0 Å². The number of nitrogens with two attached hydrogens (primary N) is 1. The van der Waals surface area contributed by atoms with Gasteiger partial charge in [-0.05, 0) is 13.1 Å². The van der Waals surface area contributed by atoms with Crippen molar-refractivity contribution in [2.45, 2.75) is 31.8 Å². The third-order valence-corrected chi connectivity index (χ3v) is 6.50. The molecule has 2 aliphatic heterocycles. The summed E-state index contributed by atoms with van der Waals surface area (Å²) in [4.78, 5) is 12.0. The number of nitrogens with zero attached hydrogens (tertiary/aromatic N) is 6. The first-order chi connectivity index (χ1) is 14.8. The Hall–Kier alpha value is -2.45. The lowest BCUT2D eigenvalue weighted by molar-refractivity contribution is 0.0777. The van der Waals surface area contributed by atoms with E-state index >= 15 is 0 Å². The van der Waals surface area contributed by atoms with Crippen molar-refractivity contribution in [3.05, 3.63) is 29.8 Å². The molecule has 30 heavy (non-hydrogen) atoms. The second kappa shape index (κ2) is 8.73. The number of aromatic amines is 1. The summed E-state index contributed by atoms with van der Waals surface area (Å²) in [6.45, 7) is 5.56. The summed E-state index contributed by atoms with van der Waals surface area (Å²) >= 11 is 1.83. The summed E-state index contributed by atoms with van der Waals surface area (Å²) in [6.07, 6.45) is 4.85. The lowest BCUT2D eigenvalue weighted by Gasteiger charge is -2.49. The van der Waals surface area contributed by atoms with Crippen LogP contribution in [-0.2, 0) is 18.5 Å². The molecule has 158 valence electrons. The number of H-pyrrole nitrogens is 1. The van der Waals surface area contributed by atoms with Crippen molar-refractivity contribution in [1.29, 1.82) is 5.26 Å². The van der Waals surface area contributed by atoms with E-state index in [9.17, 15) is 5.26 Å². The number of nitriles is 1. The minimum atomic E-state index is -0.249. The quantitative estimate of drug-likeness (QED) is 0.527. The molecule has 1 fully saturated rings. The van der Waals surface area contributed by atoms with Crippen molar-refractivity contribution in [3.63, 3.8) is 0 Å². The van der Waals surface area contributed by atoms with Crippen LogP contribution in [-0.4, -0.2) is 61.5 Å². The van der Waals surface area contributed by atoms with Crippen LogP contribution in [0.3, 0.4) is 0 Å². The number of fused-ring (bicyclic) bond motifs is 2. The monoisotopic (exact) mass is 425 g/mol. The smallest absolute Gasteiger partial charge is 0.141 e. The lowest BCUT2D eigenvalue weighted by atomic mass is 9.88. The van der Waals surface area contributed by atoms with E-state index in [0.717, 1.165) is 60.8 Å². The van der Waals surface area contributed by atoms with Gasteiger partial charge in [-0.15, -0.1) is 0 Å². The maximum atomic E-state index is 9.53. The first-order valence-electron chi connectivity index (χ1n) is 10.2. The number of hydrogen-bond acceptors (Lipinski definition) is 8. The fourth-order valence-corrected chi connectivity index (χ4v) is 5.37. The Morgan fingerprint density at radius 1 is 1.30 bits per heavy atom. The Bertz CT molecular complexity index is 1060. The van der Waals surface area contributed by atoms with Gasteiger partial charge in [0.05, 0.1) is 12.5 Å². The van der Waals surface area contributed by atoms with Gasteiger partial charge in [0.1, 0.15) is 28.9 Å². The lowest BCUT2D eigenvalue weighted by Crippen LogP contribution is -2.60. The molecule has 5 heterocycles. The minimum Gasteiger partial charge on any atom is -0.346 e. The van der Waals surface area contributed by atoms with Crippen LogP contribution in [0.15, 0.2) is 18.6 Å². The molecule has 0 aromatic carbocycles. The zero-order chi connectivity index (χ0) is 21.1. The summed E-state index contributed by atoms with van der Waals surface area (Å²) in [7, 11) is 1.50. The Kier molecular flexibility index (Phi) is 6.06.